The molecule has 3 rings (SSSR count). The number of nitrogens with zero attached hydrogens (tertiary/aromatic N) is 1. The van der Waals surface area contributed by atoms with Gasteiger partial charge in [-0.25, -0.2) is 9.18 Å². The maximum absolute atomic E-state index is 13.7. The Labute approximate surface area is 152 Å². The van der Waals surface area contributed by atoms with E-state index in [1.807, 2.05) is 30.3 Å². The second-order valence-corrected chi connectivity index (χ2v) is 6.36. The van der Waals surface area contributed by atoms with Crippen molar-refractivity contribution in [2.24, 2.45) is 0 Å². The van der Waals surface area contributed by atoms with E-state index in [9.17, 15) is 14.0 Å². The number of halogens is 1. The lowest BCUT2D eigenvalue weighted by Gasteiger charge is -2.32. The summed E-state index contributed by atoms with van der Waals surface area (Å²) < 4.78 is 13.7. The summed E-state index contributed by atoms with van der Waals surface area (Å²) in [6.45, 7) is 1.61. The van der Waals surface area contributed by atoms with E-state index in [1.54, 1.807) is 17.0 Å². The lowest BCUT2D eigenvalue weighted by atomic mass is 10.0. The molecule has 136 valence electrons. The summed E-state index contributed by atoms with van der Waals surface area (Å²) in [5.74, 6) is -0.933. The van der Waals surface area contributed by atoms with Crippen molar-refractivity contribution in [3.63, 3.8) is 0 Å². The number of carbonyl (C=O) groups excluding carboxylic acids is 2. The molecular weight excluding hydrogens is 333 g/mol. The molecule has 0 atom stereocenters. The van der Waals surface area contributed by atoms with Gasteiger partial charge in [-0.1, -0.05) is 42.5 Å². The number of benzene rings is 2. The summed E-state index contributed by atoms with van der Waals surface area (Å²) in [5.41, 5.74) is 1.10. The van der Waals surface area contributed by atoms with Crippen molar-refractivity contribution < 1.29 is 14.0 Å². The van der Waals surface area contributed by atoms with Gasteiger partial charge in [0.2, 0.25) is 0 Å². The normalized spacial score (nSPS) is 14.7. The van der Waals surface area contributed by atoms with E-state index in [4.69, 9.17) is 0 Å². The molecule has 6 heteroatoms. The van der Waals surface area contributed by atoms with Crippen LogP contribution in [0.25, 0.3) is 0 Å². The van der Waals surface area contributed by atoms with Gasteiger partial charge in [-0.3, -0.25) is 4.79 Å². The Morgan fingerprint density at radius 1 is 1.00 bits per heavy atom. The monoisotopic (exact) mass is 355 g/mol. The number of amides is 3. The molecular formula is C20H22FN3O2. The highest BCUT2D eigenvalue weighted by molar-refractivity contribution is 5.94. The first-order valence-corrected chi connectivity index (χ1v) is 8.75. The summed E-state index contributed by atoms with van der Waals surface area (Å²) in [6, 6.07) is 15.5. The van der Waals surface area contributed by atoms with Crippen molar-refractivity contribution in [2.75, 3.05) is 13.1 Å². The molecule has 26 heavy (non-hydrogen) atoms. The quantitative estimate of drug-likeness (QED) is 0.886. The smallest absolute Gasteiger partial charge is 0.317 e. The van der Waals surface area contributed by atoms with Crippen LogP contribution in [-0.4, -0.2) is 36.0 Å². The Morgan fingerprint density at radius 2 is 1.65 bits per heavy atom. The lowest BCUT2D eigenvalue weighted by Crippen LogP contribution is -2.49. The second-order valence-electron chi connectivity index (χ2n) is 6.36. The second kappa shape index (κ2) is 8.47. The number of nitrogens with one attached hydrogen (secondary N) is 2. The van der Waals surface area contributed by atoms with E-state index in [2.05, 4.69) is 10.6 Å². The third-order valence-corrected chi connectivity index (χ3v) is 4.52. The SMILES string of the molecule is O=C(NC1CCN(C(=O)NCc2ccccc2)CC1)c1ccccc1F. The topological polar surface area (TPSA) is 61.4 Å². The number of likely N-dealkylation sites (tertiary alicyclic amines) is 1. The largest absolute Gasteiger partial charge is 0.349 e. The van der Waals surface area contributed by atoms with Crippen LogP contribution >= 0.6 is 0 Å². The highest BCUT2D eigenvalue weighted by atomic mass is 19.1. The van der Waals surface area contributed by atoms with Crippen LogP contribution in [0.15, 0.2) is 54.6 Å². The van der Waals surface area contributed by atoms with Crippen LogP contribution in [-0.2, 0) is 6.54 Å². The average Bonchev–Trinajstić information content (AvgIpc) is 2.68. The zero-order chi connectivity index (χ0) is 18.4. The molecule has 1 saturated heterocycles. The molecule has 3 amide bonds. The van der Waals surface area contributed by atoms with Crippen molar-refractivity contribution in [1.29, 1.82) is 0 Å². The van der Waals surface area contributed by atoms with Crippen molar-refractivity contribution in [3.05, 3.63) is 71.5 Å². The van der Waals surface area contributed by atoms with Gasteiger partial charge in [0.05, 0.1) is 5.56 Å². The van der Waals surface area contributed by atoms with Gasteiger partial charge in [-0.2, -0.15) is 0 Å². The average molecular weight is 355 g/mol. The zero-order valence-electron chi connectivity index (χ0n) is 14.5. The first-order chi connectivity index (χ1) is 12.6. The van der Waals surface area contributed by atoms with Gasteiger partial charge in [0, 0.05) is 25.7 Å². The summed E-state index contributed by atoms with van der Waals surface area (Å²) >= 11 is 0. The van der Waals surface area contributed by atoms with Crippen LogP contribution in [0.5, 0.6) is 0 Å². The van der Waals surface area contributed by atoms with E-state index >= 15 is 0 Å². The molecule has 1 aliphatic rings. The van der Waals surface area contributed by atoms with E-state index in [1.165, 1.54) is 12.1 Å². The molecule has 0 spiro atoms. The minimum absolute atomic E-state index is 0.0514. The first kappa shape index (κ1) is 17.9. The number of rotatable bonds is 4. The Balaban J connectivity index is 1.44. The van der Waals surface area contributed by atoms with Crippen molar-refractivity contribution >= 4 is 11.9 Å². The molecule has 0 unspecified atom stereocenters. The molecule has 0 bridgehead atoms. The summed E-state index contributed by atoms with van der Waals surface area (Å²) in [7, 11) is 0. The maximum Gasteiger partial charge on any atom is 0.317 e. The summed E-state index contributed by atoms with van der Waals surface area (Å²) in [6.07, 6.45) is 1.30. The Hall–Kier alpha value is -2.89. The van der Waals surface area contributed by atoms with E-state index in [0.717, 1.165) is 5.56 Å². The standard InChI is InChI=1S/C20H22FN3O2/c21-18-9-5-4-8-17(18)19(25)23-16-10-12-24(13-11-16)20(26)22-14-15-6-2-1-3-7-15/h1-9,16H,10-14H2,(H,22,26)(H,23,25). The molecule has 5 nitrogen and oxygen atoms in total. The van der Waals surface area contributed by atoms with Crippen molar-refractivity contribution in [3.8, 4) is 0 Å². The predicted octanol–water partition coefficient (Wildman–Crippen LogP) is 2.93. The molecule has 2 N–H and O–H groups in total. The molecule has 1 aliphatic heterocycles. The van der Waals surface area contributed by atoms with Gasteiger partial charge in [-0.15, -0.1) is 0 Å². The molecule has 0 saturated carbocycles. The minimum Gasteiger partial charge on any atom is -0.349 e. The molecule has 2 aromatic rings. The van der Waals surface area contributed by atoms with Crippen molar-refractivity contribution in [2.45, 2.75) is 25.4 Å². The molecule has 2 aromatic carbocycles. The van der Waals surface area contributed by atoms with Gasteiger partial charge in [0.15, 0.2) is 0 Å². The minimum atomic E-state index is -0.525. The Kier molecular flexibility index (Phi) is 5.84. The highest BCUT2D eigenvalue weighted by Crippen LogP contribution is 2.13. The number of urea groups is 1. The van der Waals surface area contributed by atoms with Crippen LogP contribution in [0.2, 0.25) is 0 Å². The first-order valence-electron chi connectivity index (χ1n) is 8.75. The van der Waals surface area contributed by atoms with Crippen LogP contribution in [0.3, 0.4) is 0 Å². The van der Waals surface area contributed by atoms with Gasteiger partial charge >= 0.3 is 6.03 Å². The number of carbonyl (C=O) groups is 2. The fourth-order valence-electron chi connectivity index (χ4n) is 3.02. The molecule has 1 heterocycles. The van der Waals surface area contributed by atoms with Gasteiger partial charge in [0.25, 0.3) is 5.91 Å². The van der Waals surface area contributed by atoms with Crippen LogP contribution in [0, 0.1) is 5.82 Å². The fraction of sp³-hybridized carbons (Fsp3) is 0.300. The predicted molar refractivity (Wildman–Crippen MR) is 97.1 cm³/mol. The fourth-order valence-corrected chi connectivity index (χ4v) is 3.02. The summed E-state index contributed by atoms with van der Waals surface area (Å²) in [4.78, 5) is 26.2. The summed E-state index contributed by atoms with van der Waals surface area (Å²) in [5, 5.41) is 5.76. The number of piperidine rings is 1. The third kappa shape index (κ3) is 4.59. The van der Waals surface area contributed by atoms with Gasteiger partial charge in [0.1, 0.15) is 5.82 Å². The molecule has 1 fully saturated rings. The molecule has 0 radical (unpaired) electrons. The van der Waals surface area contributed by atoms with Gasteiger partial charge < -0.3 is 15.5 Å². The van der Waals surface area contributed by atoms with Crippen molar-refractivity contribution in [1.82, 2.24) is 15.5 Å². The van der Waals surface area contributed by atoms with Crippen LogP contribution in [0.1, 0.15) is 28.8 Å². The third-order valence-electron chi connectivity index (χ3n) is 4.52. The van der Waals surface area contributed by atoms with Crippen LogP contribution < -0.4 is 10.6 Å². The molecule has 0 aliphatic carbocycles. The maximum atomic E-state index is 13.7. The van der Waals surface area contributed by atoms with E-state index in [-0.39, 0.29) is 17.6 Å². The lowest BCUT2D eigenvalue weighted by molar-refractivity contribution is 0.0914. The number of hydrogen-bond acceptors (Lipinski definition) is 2. The highest BCUT2D eigenvalue weighted by Gasteiger charge is 2.24. The van der Waals surface area contributed by atoms with Crippen LogP contribution in [0.4, 0.5) is 9.18 Å². The molecule has 0 aromatic heterocycles. The Bertz CT molecular complexity index is 759. The zero-order valence-corrected chi connectivity index (χ0v) is 14.5. The van der Waals surface area contributed by atoms with Gasteiger partial charge in [-0.05, 0) is 30.5 Å². The number of hydrogen-bond donors (Lipinski definition) is 2. The van der Waals surface area contributed by atoms with E-state index in [0.29, 0.717) is 32.5 Å². The van der Waals surface area contributed by atoms with E-state index < -0.39 is 11.7 Å². The Morgan fingerprint density at radius 3 is 2.35 bits per heavy atom.